The van der Waals surface area contributed by atoms with E-state index >= 15 is 0 Å². The largest absolute Gasteiger partial charge is 0.507 e. The van der Waals surface area contributed by atoms with Crippen molar-refractivity contribution in [2.75, 3.05) is 31.2 Å². The maximum Gasteiger partial charge on any atom is 0.169 e. The molecule has 124 valence electrons. The monoisotopic (exact) mass is 326 g/mol. The molecular formula is C17H18N4O3. The van der Waals surface area contributed by atoms with Gasteiger partial charge in [0, 0.05) is 18.7 Å². The third-order valence-electron chi connectivity index (χ3n) is 3.97. The van der Waals surface area contributed by atoms with Crippen LogP contribution in [0.25, 0.3) is 11.3 Å². The standard InChI is InChI=1S/C17H18N4O3/c1-11-2-3-14(16(23)6-11)15-7-12(8-18)17(20-19-15)21-4-5-24-13(9-21)10-22/h2-3,6-7,13,22-23H,4-5,9-10H2,1H3/t13-/m0/s1. The summed E-state index contributed by atoms with van der Waals surface area (Å²) in [6, 6.07) is 9.02. The predicted molar refractivity (Wildman–Crippen MR) is 87.6 cm³/mol. The maximum absolute atomic E-state index is 10.1. The number of benzene rings is 1. The van der Waals surface area contributed by atoms with Crippen LogP contribution >= 0.6 is 0 Å². The number of hydrogen-bond donors (Lipinski definition) is 2. The van der Waals surface area contributed by atoms with E-state index in [2.05, 4.69) is 16.3 Å². The van der Waals surface area contributed by atoms with E-state index in [1.807, 2.05) is 17.9 Å². The van der Waals surface area contributed by atoms with E-state index in [0.29, 0.717) is 42.3 Å². The molecule has 2 heterocycles. The fourth-order valence-corrected chi connectivity index (χ4v) is 2.71. The highest BCUT2D eigenvalue weighted by atomic mass is 16.5. The first-order valence-corrected chi connectivity index (χ1v) is 7.67. The minimum atomic E-state index is -0.298. The number of nitrogens with zero attached hydrogens (tertiary/aromatic N) is 4. The van der Waals surface area contributed by atoms with Gasteiger partial charge in [0.05, 0.1) is 30.6 Å². The second-order valence-corrected chi connectivity index (χ2v) is 5.72. The summed E-state index contributed by atoms with van der Waals surface area (Å²) in [5.41, 5.74) is 2.29. The number of aryl methyl sites for hydroxylation is 1. The lowest BCUT2D eigenvalue weighted by Gasteiger charge is -2.32. The average molecular weight is 326 g/mol. The van der Waals surface area contributed by atoms with Gasteiger partial charge < -0.3 is 19.8 Å². The second kappa shape index (κ2) is 6.83. The number of morpholine rings is 1. The van der Waals surface area contributed by atoms with E-state index in [1.54, 1.807) is 18.2 Å². The van der Waals surface area contributed by atoms with Crippen molar-refractivity contribution >= 4 is 5.82 Å². The Morgan fingerprint density at radius 3 is 2.92 bits per heavy atom. The van der Waals surface area contributed by atoms with Crippen LogP contribution in [0.2, 0.25) is 0 Å². The summed E-state index contributed by atoms with van der Waals surface area (Å²) in [5, 5.41) is 37.2. The van der Waals surface area contributed by atoms with Gasteiger partial charge in [-0.15, -0.1) is 10.2 Å². The van der Waals surface area contributed by atoms with Gasteiger partial charge in [0.25, 0.3) is 0 Å². The van der Waals surface area contributed by atoms with Crippen LogP contribution in [0.4, 0.5) is 5.82 Å². The minimum absolute atomic E-state index is 0.0822. The third kappa shape index (κ3) is 3.15. The highest BCUT2D eigenvalue weighted by Crippen LogP contribution is 2.30. The summed E-state index contributed by atoms with van der Waals surface area (Å²) in [6.45, 7) is 3.29. The van der Waals surface area contributed by atoms with Crippen LogP contribution in [-0.4, -0.2) is 52.8 Å². The van der Waals surface area contributed by atoms with Crippen LogP contribution in [0, 0.1) is 18.3 Å². The molecule has 1 aliphatic heterocycles. The highest BCUT2D eigenvalue weighted by Gasteiger charge is 2.24. The second-order valence-electron chi connectivity index (χ2n) is 5.72. The summed E-state index contributed by atoms with van der Waals surface area (Å²) in [7, 11) is 0. The molecule has 0 spiro atoms. The smallest absolute Gasteiger partial charge is 0.169 e. The summed E-state index contributed by atoms with van der Waals surface area (Å²) < 4.78 is 5.42. The number of aromatic hydroxyl groups is 1. The average Bonchev–Trinajstić information content (AvgIpc) is 2.61. The van der Waals surface area contributed by atoms with Gasteiger partial charge >= 0.3 is 0 Å². The summed E-state index contributed by atoms with van der Waals surface area (Å²) in [5.74, 6) is 0.572. The van der Waals surface area contributed by atoms with E-state index in [-0.39, 0.29) is 18.5 Å². The number of ether oxygens (including phenoxy) is 1. The Morgan fingerprint density at radius 1 is 1.38 bits per heavy atom. The SMILES string of the molecule is Cc1ccc(-c2cc(C#N)c(N3CCO[C@H](CO)C3)nn2)c(O)c1. The van der Waals surface area contributed by atoms with Gasteiger partial charge in [-0.3, -0.25) is 0 Å². The van der Waals surface area contributed by atoms with Crippen LogP contribution in [0.1, 0.15) is 11.1 Å². The van der Waals surface area contributed by atoms with Gasteiger partial charge in [0.15, 0.2) is 5.82 Å². The first kappa shape index (κ1) is 16.2. The van der Waals surface area contributed by atoms with Gasteiger partial charge in [0.2, 0.25) is 0 Å². The van der Waals surface area contributed by atoms with E-state index in [4.69, 9.17) is 4.74 Å². The van der Waals surface area contributed by atoms with E-state index in [1.165, 1.54) is 0 Å². The molecule has 0 bridgehead atoms. The Kier molecular flexibility index (Phi) is 4.60. The molecule has 7 nitrogen and oxygen atoms in total. The first-order valence-electron chi connectivity index (χ1n) is 7.67. The minimum Gasteiger partial charge on any atom is -0.507 e. The lowest BCUT2D eigenvalue weighted by Crippen LogP contribution is -2.44. The normalized spacial score (nSPS) is 17.5. The Hall–Kier alpha value is -2.69. The number of phenolic OH excluding ortho intramolecular Hbond substituents is 1. The quantitative estimate of drug-likeness (QED) is 0.874. The lowest BCUT2D eigenvalue weighted by atomic mass is 10.1. The van der Waals surface area contributed by atoms with Gasteiger partial charge in [-0.05, 0) is 30.7 Å². The van der Waals surface area contributed by atoms with E-state index in [0.717, 1.165) is 5.56 Å². The molecule has 2 aromatic rings. The van der Waals surface area contributed by atoms with Crippen molar-refractivity contribution in [3.05, 3.63) is 35.4 Å². The van der Waals surface area contributed by atoms with Crippen molar-refractivity contribution in [2.45, 2.75) is 13.0 Å². The van der Waals surface area contributed by atoms with Gasteiger partial charge in [-0.2, -0.15) is 5.26 Å². The third-order valence-corrected chi connectivity index (χ3v) is 3.97. The molecule has 1 aliphatic rings. The lowest BCUT2D eigenvalue weighted by molar-refractivity contribution is 0.00331. The molecule has 3 rings (SSSR count). The first-order chi connectivity index (χ1) is 11.6. The summed E-state index contributed by atoms with van der Waals surface area (Å²) in [4.78, 5) is 1.88. The van der Waals surface area contributed by atoms with Crippen LogP contribution < -0.4 is 4.90 Å². The van der Waals surface area contributed by atoms with Crippen molar-refractivity contribution < 1.29 is 14.9 Å². The van der Waals surface area contributed by atoms with E-state index in [9.17, 15) is 15.5 Å². The molecule has 0 radical (unpaired) electrons. The predicted octanol–water partition coefficient (Wildman–Crippen LogP) is 1.23. The molecule has 0 amide bonds. The molecule has 1 aromatic heterocycles. The Bertz CT molecular complexity index is 788. The molecular weight excluding hydrogens is 308 g/mol. The van der Waals surface area contributed by atoms with Gasteiger partial charge in [0.1, 0.15) is 11.8 Å². The number of rotatable bonds is 3. The molecule has 1 aromatic carbocycles. The fourth-order valence-electron chi connectivity index (χ4n) is 2.71. The molecule has 1 saturated heterocycles. The van der Waals surface area contributed by atoms with Crippen molar-refractivity contribution in [3.8, 4) is 23.1 Å². The number of nitriles is 1. The van der Waals surface area contributed by atoms with Crippen LogP contribution in [0.3, 0.4) is 0 Å². The Labute approximate surface area is 139 Å². The van der Waals surface area contributed by atoms with Crippen molar-refractivity contribution in [3.63, 3.8) is 0 Å². The molecule has 0 saturated carbocycles. The van der Waals surface area contributed by atoms with Gasteiger partial charge in [-0.25, -0.2) is 0 Å². The highest BCUT2D eigenvalue weighted by molar-refractivity contribution is 5.70. The molecule has 7 heteroatoms. The molecule has 24 heavy (non-hydrogen) atoms. The number of anilines is 1. The zero-order chi connectivity index (χ0) is 17.1. The van der Waals surface area contributed by atoms with Crippen molar-refractivity contribution in [1.82, 2.24) is 10.2 Å². The number of aliphatic hydroxyl groups excluding tert-OH is 1. The van der Waals surface area contributed by atoms with Gasteiger partial charge in [-0.1, -0.05) is 6.07 Å². The number of phenols is 1. The Morgan fingerprint density at radius 2 is 2.21 bits per heavy atom. The number of aliphatic hydroxyl groups is 1. The molecule has 1 atom stereocenters. The fraction of sp³-hybridized carbons (Fsp3) is 0.353. The van der Waals surface area contributed by atoms with Crippen LogP contribution in [0.15, 0.2) is 24.3 Å². The number of hydrogen-bond acceptors (Lipinski definition) is 7. The summed E-state index contributed by atoms with van der Waals surface area (Å²) in [6.07, 6.45) is -0.298. The summed E-state index contributed by atoms with van der Waals surface area (Å²) >= 11 is 0. The number of aromatic nitrogens is 2. The van der Waals surface area contributed by atoms with Crippen molar-refractivity contribution in [2.24, 2.45) is 0 Å². The topological polar surface area (TPSA) is 103 Å². The van der Waals surface area contributed by atoms with E-state index < -0.39 is 0 Å². The zero-order valence-corrected chi connectivity index (χ0v) is 13.3. The molecule has 2 N–H and O–H groups in total. The molecule has 1 fully saturated rings. The molecule has 0 unspecified atom stereocenters. The zero-order valence-electron chi connectivity index (χ0n) is 13.3. The van der Waals surface area contributed by atoms with Crippen molar-refractivity contribution in [1.29, 1.82) is 5.26 Å². The van der Waals surface area contributed by atoms with Crippen LogP contribution in [-0.2, 0) is 4.74 Å². The molecule has 0 aliphatic carbocycles. The maximum atomic E-state index is 10.1. The Balaban J connectivity index is 1.95. The van der Waals surface area contributed by atoms with Crippen LogP contribution in [0.5, 0.6) is 5.75 Å².